The molecule has 0 aromatic heterocycles. The zero-order valence-electron chi connectivity index (χ0n) is 9.29. The first-order valence-corrected chi connectivity index (χ1v) is 5.68. The summed E-state index contributed by atoms with van der Waals surface area (Å²) in [6.45, 7) is 4.42. The Morgan fingerprint density at radius 1 is 1.53 bits per heavy atom. The topological polar surface area (TPSA) is 30.5 Å². The minimum Gasteiger partial charge on any atom is -0.378 e. The number of terminal acetylenes is 1. The molecule has 3 heteroatoms. The van der Waals surface area contributed by atoms with Crippen LogP contribution in [-0.4, -0.2) is 37.5 Å². The second kappa shape index (κ2) is 4.52. The highest BCUT2D eigenvalue weighted by Gasteiger charge is 2.40. The fourth-order valence-corrected chi connectivity index (χ4v) is 2.43. The Bertz CT molecular complexity index is 253. The largest absolute Gasteiger partial charge is 0.378 e. The van der Waals surface area contributed by atoms with Crippen LogP contribution in [0.4, 0.5) is 0 Å². The second-order valence-electron chi connectivity index (χ2n) is 4.58. The summed E-state index contributed by atoms with van der Waals surface area (Å²) >= 11 is 0. The van der Waals surface area contributed by atoms with E-state index in [0.29, 0.717) is 6.04 Å². The Kier molecular flexibility index (Phi) is 3.30. The zero-order valence-corrected chi connectivity index (χ0v) is 9.29. The smallest absolute Gasteiger partial charge is 0.0951 e. The minimum absolute atomic E-state index is 0.0236. The molecule has 0 aromatic carbocycles. The lowest BCUT2D eigenvalue weighted by Crippen LogP contribution is -2.49. The van der Waals surface area contributed by atoms with Crippen molar-refractivity contribution in [3.8, 4) is 12.3 Å². The van der Waals surface area contributed by atoms with Crippen LogP contribution in [0.5, 0.6) is 0 Å². The van der Waals surface area contributed by atoms with Gasteiger partial charge in [0, 0.05) is 25.7 Å². The molecule has 0 amide bonds. The molecule has 3 nitrogen and oxygen atoms in total. The van der Waals surface area contributed by atoms with Crippen LogP contribution in [0.3, 0.4) is 0 Å². The van der Waals surface area contributed by atoms with Crippen molar-refractivity contribution < 1.29 is 9.47 Å². The van der Waals surface area contributed by atoms with Crippen molar-refractivity contribution in [3.63, 3.8) is 0 Å². The average Bonchev–Trinajstić information content (AvgIpc) is 2.66. The maximum atomic E-state index is 5.86. The van der Waals surface area contributed by atoms with Crippen LogP contribution in [-0.2, 0) is 9.47 Å². The van der Waals surface area contributed by atoms with Gasteiger partial charge in [-0.25, -0.2) is 0 Å². The third-order valence-electron chi connectivity index (χ3n) is 3.30. The van der Waals surface area contributed by atoms with Gasteiger partial charge in [0.1, 0.15) is 0 Å². The highest BCUT2D eigenvalue weighted by atomic mass is 16.6. The van der Waals surface area contributed by atoms with Crippen molar-refractivity contribution in [3.05, 3.63) is 0 Å². The van der Waals surface area contributed by atoms with E-state index in [1.165, 1.54) is 0 Å². The lowest BCUT2D eigenvalue weighted by molar-refractivity contribution is -0.0896. The van der Waals surface area contributed by atoms with Crippen molar-refractivity contribution in [2.45, 2.75) is 43.9 Å². The summed E-state index contributed by atoms with van der Waals surface area (Å²) in [5, 5.41) is 3.45. The summed E-state index contributed by atoms with van der Waals surface area (Å²) in [6, 6.07) is 0.624. The fraction of sp³-hybridized carbons (Fsp3) is 0.833. The van der Waals surface area contributed by atoms with Crippen LogP contribution in [0.1, 0.15) is 26.2 Å². The molecular formula is C12H19NO2. The van der Waals surface area contributed by atoms with Gasteiger partial charge in [0.2, 0.25) is 0 Å². The van der Waals surface area contributed by atoms with Gasteiger partial charge in [0.05, 0.1) is 18.2 Å². The van der Waals surface area contributed by atoms with Crippen LogP contribution in [0.2, 0.25) is 0 Å². The van der Waals surface area contributed by atoms with Gasteiger partial charge in [-0.05, 0) is 19.8 Å². The van der Waals surface area contributed by atoms with Gasteiger partial charge in [-0.1, -0.05) is 5.92 Å². The molecule has 0 aliphatic carbocycles. The Morgan fingerprint density at radius 2 is 2.40 bits per heavy atom. The van der Waals surface area contributed by atoms with Crippen molar-refractivity contribution in [1.29, 1.82) is 0 Å². The Hall–Kier alpha value is -0.560. The van der Waals surface area contributed by atoms with Crippen LogP contribution < -0.4 is 5.32 Å². The van der Waals surface area contributed by atoms with Gasteiger partial charge in [-0.2, -0.15) is 0 Å². The van der Waals surface area contributed by atoms with Crippen LogP contribution >= 0.6 is 0 Å². The van der Waals surface area contributed by atoms with E-state index in [2.05, 4.69) is 11.2 Å². The third-order valence-corrected chi connectivity index (χ3v) is 3.30. The highest BCUT2D eigenvalue weighted by molar-refractivity contribution is 5.00. The van der Waals surface area contributed by atoms with E-state index in [-0.39, 0.29) is 11.6 Å². The molecule has 2 rings (SSSR count). The molecular weight excluding hydrogens is 190 g/mol. The molecule has 2 fully saturated rings. The number of rotatable bonds is 2. The Balaban J connectivity index is 1.90. The van der Waals surface area contributed by atoms with Gasteiger partial charge < -0.3 is 14.8 Å². The van der Waals surface area contributed by atoms with Crippen LogP contribution in [0, 0.1) is 12.3 Å². The van der Waals surface area contributed by atoms with E-state index < -0.39 is 0 Å². The maximum absolute atomic E-state index is 5.86. The molecule has 0 radical (unpaired) electrons. The molecule has 2 heterocycles. The summed E-state index contributed by atoms with van der Waals surface area (Å²) in [5.74, 6) is 2.71. The molecule has 1 N–H and O–H groups in total. The zero-order chi connectivity index (χ0) is 10.7. The van der Waals surface area contributed by atoms with Gasteiger partial charge in [-0.3, -0.25) is 0 Å². The molecule has 3 atom stereocenters. The van der Waals surface area contributed by atoms with Crippen molar-refractivity contribution in [2.75, 3.05) is 19.8 Å². The molecule has 0 saturated carbocycles. The normalized spacial score (nSPS) is 37.7. The fourth-order valence-electron chi connectivity index (χ4n) is 2.43. The Morgan fingerprint density at radius 3 is 3.07 bits per heavy atom. The first kappa shape index (κ1) is 10.9. The lowest BCUT2D eigenvalue weighted by atomic mass is 9.89. The van der Waals surface area contributed by atoms with E-state index in [4.69, 9.17) is 15.9 Å². The van der Waals surface area contributed by atoms with Crippen molar-refractivity contribution in [2.24, 2.45) is 0 Å². The molecule has 84 valence electrons. The first-order chi connectivity index (χ1) is 7.24. The molecule has 1 spiro atoms. The van der Waals surface area contributed by atoms with E-state index in [0.717, 1.165) is 39.1 Å². The molecule has 2 aliphatic rings. The SMILES string of the molecule is C#CC(C)NC1CCOC2(CCOC2)C1. The highest BCUT2D eigenvalue weighted by Crippen LogP contribution is 2.32. The summed E-state index contributed by atoms with van der Waals surface area (Å²) in [5.41, 5.74) is -0.0236. The van der Waals surface area contributed by atoms with Crippen molar-refractivity contribution >= 4 is 0 Å². The van der Waals surface area contributed by atoms with Crippen LogP contribution in [0.15, 0.2) is 0 Å². The number of ether oxygens (including phenoxy) is 2. The average molecular weight is 209 g/mol. The van der Waals surface area contributed by atoms with Crippen LogP contribution in [0.25, 0.3) is 0 Å². The molecule has 2 saturated heterocycles. The quantitative estimate of drug-likeness (QED) is 0.686. The van der Waals surface area contributed by atoms with E-state index in [9.17, 15) is 0 Å². The molecule has 0 bridgehead atoms. The summed E-state index contributed by atoms with van der Waals surface area (Å²) in [6.07, 6.45) is 8.47. The van der Waals surface area contributed by atoms with E-state index >= 15 is 0 Å². The van der Waals surface area contributed by atoms with Gasteiger partial charge >= 0.3 is 0 Å². The number of hydrogen-bond acceptors (Lipinski definition) is 3. The second-order valence-corrected chi connectivity index (χ2v) is 4.58. The Labute approximate surface area is 91.5 Å². The minimum atomic E-state index is -0.0236. The lowest BCUT2D eigenvalue weighted by Gasteiger charge is -2.38. The first-order valence-electron chi connectivity index (χ1n) is 5.68. The number of hydrogen-bond donors (Lipinski definition) is 1. The predicted octanol–water partition coefficient (Wildman–Crippen LogP) is 0.936. The summed E-state index contributed by atoms with van der Waals surface area (Å²) in [4.78, 5) is 0. The standard InChI is InChI=1S/C12H19NO2/c1-3-10(2)13-11-4-6-15-12(8-11)5-7-14-9-12/h1,10-11,13H,4-9H2,2H3. The summed E-state index contributed by atoms with van der Waals surface area (Å²) in [7, 11) is 0. The molecule has 2 aliphatic heterocycles. The van der Waals surface area contributed by atoms with E-state index in [1.54, 1.807) is 0 Å². The monoisotopic (exact) mass is 209 g/mol. The van der Waals surface area contributed by atoms with E-state index in [1.807, 2.05) is 6.92 Å². The molecule has 3 unspecified atom stereocenters. The van der Waals surface area contributed by atoms with Gasteiger partial charge in [0.25, 0.3) is 0 Å². The van der Waals surface area contributed by atoms with Gasteiger partial charge in [0.15, 0.2) is 0 Å². The predicted molar refractivity (Wildman–Crippen MR) is 58.6 cm³/mol. The van der Waals surface area contributed by atoms with Gasteiger partial charge in [-0.15, -0.1) is 6.42 Å². The number of nitrogens with one attached hydrogen (secondary N) is 1. The molecule has 15 heavy (non-hydrogen) atoms. The third kappa shape index (κ3) is 2.52. The maximum Gasteiger partial charge on any atom is 0.0951 e. The molecule has 0 aromatic rings. The van der Waals surface area contributed by atoms with Crippen molar-refractivity contribution in [1.82, 2.24) is 5.32 Å². The summed E-state index contributed by atoms with van der Waals surface area (Å²) < 4.78 is 11.3.